The monoisotopic (exact) mass is 469 g/mol. The van der Waals surface area contributed by atoms with Gasteiger partial charge in [0.25, 0.3) is 5.91 Å². The summed E-state index contributed by atoms with van der Waals surface area (Å²) >= 11 is 0. The van der Waals surface area contributed by atoms with E-state index in [1.165, 1.54) is 24.3 Å². The van der Waals surface area contributed by atoms with Crippen LogP contribution < -0.4 is 10.1 Å². The predicted molar refractivity (Wildman–Crippen MR) is 123 cm³/mol. The highest BCUT2D eigenvalue weighted by atomic mass is 19.1. The molecule has 2 aromatic carbocycles. The molecule has 0 bridgehead atoms. The number of rotatable bonds is 9. The molecule has 9 heteroatoms. The van der Waals surface area contributed by atoms with E-state index < -0.39 is 35.3 Å². The average Bonchev–Trinajstić information content (AvgIpc) is 3.21. The van der Waals surface area contributed by atoms with Crippen LogP contribution in [-0.4, -0.2) is 44.6 Å². The van der Waals surface area contributed by atoms with Gasteiger partial charge in [0.1, 0.15) is 18.1 Å². The third-order valence-electron chi connectivity index (χ3n) is 5.26. The summed E-state index contributed by atoms with van der Waals surface area (Å²) in [6.07, 6.45) is -1.16. The minimum absolute atomic E-state index is 0.0620. The number of nitrogens with one attached hydrogen (secondary N) is 1. The van der Waals surface area contributed by atoms with Gasteiger partial charge in [-0.05, 0) is 23.1 Å². The second-order valence-corrected chi connectivity index (χ2v) is 8.96. The largest absolute Gasteiger partial charge is 0.481 e. The number of carbonyl (C=O) groups is 2. The fourth-order valence-electron chi connectivity index (χ4n) is 3.13. The summed E-state index contributed by atoms with van der Waals surface area (Å²) in [4.78, 5) is 24.4. The van der Waals surface area contributed by atoms with Gasteiger partial charge in [0.05, 0.1) is 18.6 Å². The molecule has 2 unspecified atom stereocenters. The first-order chi connectivity index (χ1) is 16.1. The molecule has 0 spiro atoms. The zero-order valence-corrected chi connectivity index (χ0v) is 19.2. The van der Waals surface area contributed by atoms with Gasteiger partial charge in [-0.3, -0.25) is 9.59 Å². The van der Waals surface area contributed by atoms with Crippen molar-refractivity contribution >= 4 is 11.9 Å². The van der Waals surface area contributed by atoms with Gasteiger partial charge < -0.3 is 20.3 Å². The van der Waals surface area contributed by atoms with Crippen molar-refractivity contribution in [2.45, 2.75) is 39.3 Å². The molecule has 0 fully saturated rings. The maximum atomic E-state index is 14.5. The van der Waals surface area contributed by atoms with Crippen molar-refractivity contribution in [3.8, 4) is 11.6 Å². The minimum Gasteiger partial charge on any atom is -0.481 e. The number of aliphatic hydroxyl groups is 1. The summed E-state index contributed by atoms with van der Waals surface area (Å²) in [5.74, 6) is -2.24. The minimum atomic E-state index is -1.08. The number of para-hydroxylation sites is 1. The number of hydrogen-bond donors (Lipinski definition) is 3. The number of ether oxygens (including phenoxy) is 1. The third-order valence-corrected chi connectivity index (χ3v) is 5.26. The zero-order valence-electron chi connectivity index (χ0n) is 19.2. The van der Waals surface area contributed by atoms with E-state index in [9.17, 15) is 24.2 Å². The molecule has 34 heavy (non-hydrogen) atoms. The molecule has 3 rings (SSSR count). The Labute approximate surface area is 197 Å². The van der Waals surface area contributed by atoms with Crippen molar-refractivity contribution < 1.29 is 28.9 Å². The van der Waals surface area contributed by atoms with Crippen molar-refractivity contribution in [1.82, 2.24) is 15.1 Å². The number of nitrogens with zero attached hydrogens (tertiary/aromatic N) is 2. The molecule has 2 atom stereocenters. The molecule has 3 N–H and O–H groups in total. The molecular weight excluding hydrogens is 441 g/mol. The summed E-state index contributed by atoms with van der Waals surface area (Å²) in [6, 6.07) is 15.1. The molecule has 1 aromatic heterocycles. The summed E-state index contributed by atoms with van der Waals surface area (Å²) in [5, 5.41) is 26.5. The number of carboxylic acid groups (broad SMARTS) is 1. The van der Waals surface area contributed by atoms with Crippen LogP contribution in [0.2, 0.25) is 0 Å². The number of carbonyl (C=O) groups excluding carboxylic acids is 1. The highest BCUT2D eigenvalue weighted by molar-refractivity contribution is 5.93. The lowest BCUT2D eigenvalue weighted by atomic mass is 9.90. The summed E-state index contributed by atoms with van der Waals surface area (Å²) < 4.78 is 21.4. The standard InChI is InChI=1S/C25H28FN3O5/c1-25(2,3)21(30)15-34-22-13-19(28-29(22)20-12-8-7-11-17(20)26)24(33)27-18(14-23(31)32)16-9-5-4-6-10-16/h4-13,18,21,30H,14-15H2,1-3H3,(H,27,33)(H,31,32). The molecule has 1 heterocycles. The van der Waals surface area contributed by atoms with Crippen molar-refractivity contribution in [3.05, 3.63) is 77.7 Å². The Hall–Kier alpha value is -3.72. The van der Waals surface area contributed by atoms with Crippen molar-refractivity contribution in [1.29, 1.82) is 0 Å². The molecule has 0 aliphatic carbocycles. The summed E-state index contributed by atoms with van der Waals surface area (Å²) in [6.45, 7) is 5.44. The number of amides is 1. The lowest BCUT2D eigenvalue weighted by Gasteiger charge is -2.25. The molecule has 1 amide bonds. The third kappa shape index (κ3) is 6.20. The van der Waals surface area contributed by atoms with Crippen LogP contribution in [0.3, 0.4) is 0 Å². The molecule has 0 aliphatic rings. The van der Waals surface area contributed by atoms with E-state index in [1.54, 1.807) is 36.4 Å². The van der Waals surface area contributed by atoms with E-state index in [4.69, 9.17) is 4.74 Å². The zero-order chi connectivity index (χ0) is 24.9. The average molecular weight is 470 g/mol. The molecule has 0 saturated carbocycles. The maximum Gasteiger partial charge on any atom is 0.305 e. The van der Waals surface area contributed by atoms with Crippen LogP contribution in [0.15, 0.2) is 60.7 Å². The first-order valence-electron chi connectivity index (χ1n) is 10.8. The Morgan fingerprint density at radius 2 is 1.76 bits per heavy atom. The molecule has 0 radical (unpaired) electrons. The van der Waals surface area contributed by atoms with Gasteiger partial charge in [-0.1, -0.05) is 63.2 Å². The topological polar surface area (TPSA) is 114 Å². The van der Waals surface area contributed by atoms with E-state index >= 15 is 0 Å². The van der Waals surface area contributed by atoms with Crippen molar-refractivity contribution in [3.63, 3.8) is 0 Å². The SMILES string of the molecule is CC(C)(C)C(O)COc1cc(C(=O)NC(CC(=O)O)c2ccccc2)nn1-c1ccccc1F. The van der Waals surface area contributed by atoms with Gasteiger partial charge in [0.15, 0.2) is 5.69 Å². The normalized spacial score (nSPS) is 13.2. The van der Waals surface area contributed by atoms with Crippen molar-refractivity contribution in [2.75, 3.05) is 6.61 Å². The maximum absolute atomic E-state index is 14.5. The van der Waals surface area contributed by atoms with E-state index in [-0.39, 0.29) is 30.3 Å². The fraction of sp³-hybridized carbons (Fsp3) is 0.320. The lowest BCUT2D eigenvalue weighted by molar-refractivity contribution is -0.137. The van der Waals surface area contributed by atoms with Crippen LogP contribution in [0.4, 0.5) is 4.39 Å². The van der Waals surface area contributed by atoms with Crippen LogP contribution in [0.1, 0.15) is 49.3 Å². The smallest absolute Gasteiger partial charge is 0.305 e. The highest BCUT2D eigenvalue weighted by Gasteiger charge is 2.26. The van der Waals surface area contributed by atoms with Gasteiger partial charge in [-0.2, -0.15) is 9.78 Å². The fourth-order valence-corrected chi connectivity index (χ4v) is 3.13. The second kappa shape index (κ2) is 10.5. The first-order valence-corrected chi connectivity index (χ1v) is 10.8. The van der Waals surface area contributed by atoms with Gasteiger partial charge in [0.2, 0.25) is 5.88 Å². The molecule has 0 saturated heterocycles. The summed E-state index contributed by atoms with van der Waals surface area (Å²) in [5.41, 5.74) is 0.140. The summed E-state index contributed by atoms with van der Waals surface area (Å²) in [7, 11) is 0. The molecular formula is C25H28FN3O5. The Morgan fingerprint density at radius 3 is 2.38 bits per heavy atom. The number of aliphatic carboxylic acids is 1. The molecule has 180 valence electrons. The predicted octanol–water partition coefficient (Wildman–Crippen LogP) is 3.74. The van der Waals surface area contributed by atoms with Crippen LogP contribution in [0.5, 0.6) is 5.88 Å². The number of benzene rings is 2. The quantitative estimate of drug-likeness (QED) is 0.440. The Balaban J connectivity index is 1.92. The number of carboxylic acids is 1. The van der Waals surface area contributed by atoms with E-state index in [0.717, 1.165) is 4.68 Å². The Morgan fingerprint density at radius 1 is 1.12 bits per heavy atom. The Kier molecular flexibility index (Phi) is 7.68. The van der Waals surface area contributed by atoms with E-state index in [0.29, 0.717) is 5.56 Å². The van der Waals surface area contributed by atoms with Crippen LogP contribution in [0.25, 0.3) is 5.69 Å². The highest BCUT2D eigenvalue weighted by Crippen LogP contribution is 2.25. The number of halogens is 1. The number of aliphatic hydroxyl groups excluding tert-OH is 1. The van der Waals surface area contributed by atoms with Crippen LogP contribution >= 0.6 is 0 Å². The molecule has 8 nitrogen and oxygen atoms in total. The van der Waals surface area contributed by atoms with Crippen LogP contribution in [-0.2, 0) is 4.79 Å². The lowest BCUT2D eigenvalue weighted by Crippen LogP contribution is -2.32. The van der Waals surface area contributed by atoms with Crippen molar-refractivity contribution in [2.24, 2.45) is 5.41 Å². The number of aromatic nitrogens is 2. The van der Waals surface area contributed by atoms with E-state index in [1.807, 2.05) is 20.8 Å². The van der Waals surface area contributed by atoms with E-state index in [2.05, 4.69) is 10.4 Å². The van der Waals surface area contributed by atoms with Gasteiger partial charge in [-0.15, -0.1) is 0 Å². The van der Waals surface area contributed by atoms with Gasteiger partial charge in [-0.25, -0.2) is 4.39 Å². The second-order valence-electron chi connectivity index (χ2n) is 8.96. The number of hydrogen-bond acceptors (Lipinski definition) is 5. The first kappa shape index (κ1) is 24.9. The molecule has 3 aromatic rings. The van der Waals surface area contributed by atoms with Gasteiger partial charge in [0, 0.05) is 6.07 Å². The Bertz CT molecular complexity index is 1140. The molecule has 0 aliphatic heterocycles. The van der Waals surface area contributed by atoms with Gasteiger partial charge >= 0.3 is 5.97 Å². The van der Waals surface area contributed by atoms with Crippen LogP contribution in [0, 0.1) is 11.2 Å².